The van der Waals surface area contributed by atoms with E-state index in [-0.39, 0.29) is 5.41 Å². The Balaban J connectivity index is 0.960. The lowest BCUT2D eigenvalue weighted by Crippen LogP contribution is -2.16. The molecule has 2 aliphatic rings. The highest BCUT2D eigenvalue weighted by Gasteiger charge is 2.40. The van der Waals surface area contributed by atoms with E-state index in [0.29, 0.717) is 0 Å². The van der Waals surface area contributed by atoms with E-state index in [4.69, 9.17) is 0 Å². The largest absolute Gasteiger partial charge is 0.0622 e. The third-order valence-electron chi connectivity index (χ3n) is 14.9. The van der Waals surface area contributed by atoms with Gasteiger partial charge in [0.25, 0.3) is 0 Å². The fraction of sp³-hybridized carbons (Fsp3) is 0.0462. The van der Waals surface area contributed by atoms with E-state index in [9.17, 15) is 0 Å². The van der Waals surface area contributed by atoms with Gasteiger partial charge in [-0.3, -0.25) is 0 Å². The minimum absolute atomic E-state index is 0.166. The Labute approximate surface area is 378 Å². The second-order valence-corrected chi connectivity index (χ2v) is 18.6. The van der Waals surface area contributed by atoms with Crippen LogP contribution >= 0.6 is 0 Å². The molecule has 0 bridgehead atoms. The minimum Gasteiger partial charge on any atom is -0.0622 e. The van der Waals surface area contributed by atoms with Gasteiger partial charge >= 0.3 is 0 Å². The summed E-state index contributed by atoms with van der Waals surface area (Å²) >= 11 is 0. The van der Waals surface area contributed by atoms with Crippen molar-refractivity contribution in [2.45, 2.75) is 19.3 Å². The number of hydrogen-bond donors (Lipinski definition) is 0. The Morgan fingerprint density at radius 3 is 1.46 bits per heavy atom. The predicted molar refractivity (Wildman–Crippen MR) is 278 cm³/mol. The van der Waals surface area contributed by atoms with Crippen LogP contribution in [0.1, 0.15) is 25.0 Å². The van der Waals surface area contributed by atoms with E-state index < -0.39 is 0 Å². The van der Waals surface area contributed by atoms with Crippen molar-refractivity contribution >= 4 is 53.9 Å². The quantitative estimate of drug-likeness (QED) is 0.155. The Morgan fingerprint density at radius 1 is 0.246 bits per heavy atom. The second kappa shape index (κ2) is 13.5. The van der Waals surface area contributed by atoms with Gasteiger partial charge in [0.2, 0.25) is 0 Å². The van der Waals surface area contributed by atoms with Gasteiger partial charge in [-0.25, -0.2) is 0 Å². The maximum absolute atomic E-state index is 2.46. The average Bonchev–Trinajstić information content (AvgIpc) is 3.82. The molecule has 0 heteroatoms. The standard InChI is InChI=1S/C65H42/c1-65(2)63-46-24-10-9-17-39(46)31-34-55(63)60-49-26-12-11-25-47(49)56-38-43(32-33-52(56)64(60)65)42-22-15-23-44(37-42)45-35-36-54-59-48(45)29-16-30-53(59)61-57(40-18-5-3-6-19-40)50-27-13-14-28-51(50)58(62(54)61)41-20-7-4-8-21-41/h3-38H,1-2H3. The van der Waals surface area contributed by atoms with Crippen LogP contribution in [-0.2, 0) is 5.41 Å². The molecule has 0 atom stereocenters. The molecular weight excluding hydrogens is 781 g/mol. The topological polar surface area (TPSA) is 0 Å². The smallest absolute Gasteiger partial charge is 0.0171 e. The Bertz CT molecular complexity index is 3910. The number of benzene rings is 12. The molecule has 302 valence electrons. The first-order chi connectivity index (χ1) is 32.0. The lowest BCUT2D eigenvalue weighted by Gasteiger charge is -2.25. The van der Waals surface area contributed by atoms with E-state index in [2.05, 4.69) is 232 Å². The summed E-state index contributed by atoms with van der Waals surface area (Å²) < 4.78 is 0. The summed E-state index contributed by atoms with van der Waals surface area (Å²) in [6.07, 6.45) is 0. The predicted octanol–water partition coefficient (Wildman–Crippen LogP) is 18.1. The zero-order chi connectivity index (χ0) is 43.0. The molecule has 0 nitrogen and oxygen atoms in total. The normalized spacial score (nSPS) is 13.2. The molecule has 0 heterocycles. The number of fused-ring (bicyclic) bond motifs is 14. The van der Waals surface area contributed by atoms with Gasteiger partial charge in [-0.1, -0.05) is 220 Å². The van der Waals surface area contributed by atoms with Crippen LogP contribution in [0.25, 0.3) is 132 Å². The van der Waals surface area contributed by atoms with Gasteiger partial charge in [0.05, 0.1) is 0 Å². The van der Waals surface area contributed by atoms with E-state index in [1.54, 1.807) is 0 Å². The monoisotopic (exact) mass is 822 g/mol. The first kappa shape index (κ1) is 36.4. The van der Waals surface area contributed by atoms with Crippen molar-refractivity contribution in [1.29, 1.82) is 0 Å². The van der Waals surface area contributed by atoms with Crippen molar-refractivity contribution in [2.75, 3.05) is 0 Å². The van der Waals surface area contributed by atoms with Crippen molar-refractivity contribution in [3.63, 3.8) is 0 Å². The maximum atomic E-state index is 2.46. The van der Waals surface area contributed by atoms with Crippen molar-refractivity contribution < 1.29 is 0 Å². The second-order valence-electron chi connectivity index (χ2n) is 18.6. The van der Waals surface area contributed by atoms with Crippen molar-refractivity contribution in [1.82, 2.24) is 0 Å². The van der Waals surface area contributed by atoms with Crippen LogP contribution < -0.4 is 0 Å². The summed E-state index contributed by atoms with van der Waals surface area (Å²) in [7, 11) is 0. The molecule has 0 fully saturated rings. The Morgan fingerprint density at radius 2 is 0.754 bits per heavy atom. The fourth-order valence-corrected chi connectivity index (χ4v) is 12.3. The summed E-state index contributed by atoms with van der Waals surface area (Å²) in [4.78, 5) is 0. The zero-order valence-electron chi connectivity index (χ0n) is 36.3. The van der Waals surface area contributed by atoms with Crippen LogP contribution in [0.2, 0.25) is 0 Å². The lowest BCUT2D eigenvalue weighted by atomic mass is 9.77. The molecule has 0 amide bonds. The maximum Gasteiger partial charge on any atom is 0.0171 e. The zero-order valence-corrected chi connectivity index (χ0v) is 36.3. The summed E-state index contributed by atoms with van der Waals surface area (Å²) in [5, 5.41) is 13.1. The van der Waals surface area contributed by atoms with Crippen LogP contribution in [0.15, 0.2) is 218 Å². The highest BCUT2D eigenvalue weighted by molar-refractivity contribution is 6.29. The van der Waals surface area contributed by atoms with E-state index >= 15 is 0 Å². The molecule has 12 aromatic carbocycles. The van der Waals surface area contributed by atoms with Crippen LogP contribution in [-0.4, -0.2) is 0 Å². The molecule has 0 unspecified atom stereocenters. The van der Waals surface area contributed by atoms with Gasteiger partial charge in [-0.15, -0.1) is 0 Å². The van der Waals surface area contributed by atoms with Crippen LogP contribution in [0.5, 0.6) is 0 Å². The molecule has 0 saturated carbocycles. The van der Waals surface area contributed by atoms with Crippen LogP contribution in [0, 0.1) is 0 Å². The molecule has 0 aliphatic heterocycles. The number of rotatable bonds is 4. The summed E-state index contributed by atoms with van der Waals surface area (Å²) in [5.41, 5.74) is 20.8. The SMILES string of the molecule is CC1(C)c2c(ccc3ccccc23)-c2c1c1ccc(-c3cccc(-c4ccc5c6c(cccc46)-c4c-5c(-c5ccccc5)c5ccccc5c4-c4ccccc4)c3)cc1c1ccccc21. The minimum atomic E-state index is -0.166. The molecule has 14 rings (SSSR count). The third-order valence-corrected chi connectivity index (χ3v) is 14.9. The molecular formula is C65H42. The van der Waals surface area contributed by atoms with Gasteiger partial charge in [0.1, 0.15) is 0 Å². The first-order valence-corrected chi connectivity index (χ1v) is 22.9. The molecule has 65 heavy (non-hydrogen) atoms. The van der Waals surface area contributed by atoms with Gasteiger partial charge in [-0.05, 0) is 155 Å². The van der Waals surface area contributed by atoms with Crippen molar-refractivity contribution in [3.8, 4) is 77.9 Å². The Kier molecular flexibility index (Phi) is 7.55. The van der Waals surface area contributed by atoms with E-state index in [0.717, 1.165) is 0 Å². The Hall–Kier alpha value is -8.06. The van der Waals surface area contributed by atoms with Crippen LogP contribution in [0.3, 0.4) is 0 Å². The summed E-state index contributed by atoms with van der Waals surface area (Å²) in [6.45, 7) is 4.86. The molecule has 12 aromatic rings. The van der Waals surface area contributed by atoms with Gasteiger partial charge in [0.15, 0.2) is 0 Å². The van der Waals surface area contributed by atoms with Crippen LogP contribution in [0.4, 0.5) is 0 Å². The summed E-state index contributed by atoms with van der Waals surface area (Å²) in [6, 6.07) is 81.9. The van der Waals surface area contributed by atoms with Gasteiger partial charge in [0, 0.05) is 5.41 Å². The highest BCUT2D eigenvalue weighted by Crippen LogP contribution is 2.59. The lowest BCUT2D eigenvalue weighted by molar-refractivity contribution is 0.672. The van der Waals surface area contributed by atoms with E-state index in [1.165, 1.54) is 143 Å². The first-order valence-electron chi connectivity index (χ1n) is 22.9. The van der Waals surface area contributed by atoms with Gasteiger partial charge in [-0.2, -0.15) is 0 Å². The molecule has 0 spiro atoms. The summed E-state index contributed by atoms with van der Waals surface area (Å²) in [5.74, 6) is 0. The highest BCUT2D eigenvalue weighted by atomic mass is 14.4. The fourth-order valence-electron chi connectivity index (χ4n) is 12.3. The van der Waals surface area contributed by atoms with Crippen molar-refractivity contribution in [3.05, 3.63) is 230 Å². The van der Waals surface area contributed by atoms with Crippen molar-refractivity contribution in [2.24, 2.45) is 0 Å². The average molecular weight is 823 g/mol. The third kappa shape index (κ3) is 5.03. The molecule has 0 radical (unpaired) electrons. The number of hydrogen-bond acceptors (Lipinski definition) is 0. The van der Waals surface area contributed by atoms with Gasteiger partial charge < -0.3 is 0 Å². The molecule has 0 aromatic heterocycles. The van der Waals surface area contributed by atoms with E-state index in [1.807, 2.05) is 0 Å². The molecule has 2 aliphatic carbocycles. The molecule has 0 N–H and O–H groups in total. The molecule has 0 saturated heterocycles.